The van der Waals surface area contributed by atoms with Crippen molar-refractivity contribution in [2.45, 2.75) is 91.5 Å². The zero-order valence-electron chi connectivity index (χ0n) is 26.0. The second kappa shape index (κ2) is 19.2. The maximum absolute atomic E-state index is 13.2. The molecule has 0 saturated carbocycles. The second-order valence-corrected chi connectivity index (χ2v) is 10.5. The Morgan fingerprint density at radius 3 is 2.05 bits per heavy atom. The van der Waals surface area contributed by atoms with E-state index in [0.29, 0.717) is 37.9 Å². The Hall–Kier alpha value is -3.92. The highest BCUT2D eigenvalue weighted by atomic mass is 16.6. The van der Waals surface area contributed by atoms with Crippen molar-refractivity contribution in [1.29, 1.82) is 0 Å². The molecule has 4 N–H and O–H groups in total. The molecule has 3 amide bonds. The molecule has 42 heavy (non-hydrogen) atoms. The largest absolute Gasteiger partial charge is 0.461 e. The molecular weight excluding hydrogens is 536 g/mol. The van der Waals surface area contributed by atoms with Gasteiger partial charge in [0, 0.05) is 19.2 Å². The van der Waals surface area contributed by atoms with Crippen molar-refractivity contribution in [1.82, 2.24) is 16.0 Å². The number of hydrogen-bond donors (Lipinski definition) is 4. The van der Waals surface area contributed by atoms with E-state index in [4.69, 9.17) is 9.47 Å². The van der Waals surface area contributed by atoms with Crippen molar-refractivity contribution >= 4 is 29.6 Å². The van der Waals surface area contributed by atoms with Crippen LogP contribution < -0.4 is 21.3 Å². The van der Waals surface area contributed by atoms with E-state index in [1.165, 1.54) is 6.92 Å². The highest BCUT2D eigenvalue weighted by molar-refractivity contribution is 5.97. The van der Waals surface area contributed by atoms with Crippen LogP contribution >= 0.6 is 0 Å². The Kier molecular flexibility index (Phi) is 16.5. The van der Waals surface area contributed by atoms with Gasteiger partial charge in [-0.15, -0.1) is 0 Å². The number of alkyl carbamates (subject to hydrolysis) is 1. The first kappa shape index (κ1) is 36.1. The SMILES string of the molecule is CC.CNC(Cc1ccccc1)C(=O)N[C@@H](CCCCNC(=O)OC(C)(C)C)C(=O)Nc1ccc(COC(C)=O)cc1. The van der Waals surface area contributed by atoms with Gasteiger partial charge in [-0.3, -0.25) is 14.4 Å². The molecule has 0 saturated heterocycles. The van der Waals surface area contributed by atoms with Crippen molar-refractivity contribution in [3.8, 4) is 0 Å². The van der Waals surface area contributed by atoms with Crippen LogP contribution in [0.2, 0.25) is 0 Å². The number of amides is 3. The maximum atomic E-state index is 13.2. The average molecular weight is 585 g/mol. The molecule has 0 fully saturated rings. The summed E-state index contributed by atoms with van der Waals surface area (Å²) in [5, 5.41) is 11.5. The highest BCUT2D eigenvalue weighted by Gasteiger charge is 2.25. The average Bonchev–Trinajstić information content (AvgIpc) is 2.95. The van der Waals surface area contributed by atoms with Crippen LogP contribution in [0.3, 0.4) is 0 Å². The van der Waals surface area contributed by atoms with Crippen LogP contribution in [-0.2, 0) is 36.9 Å². The number of benzene rings is 2. The van der Waals surface area contributed by atoms with Gasteiger partial charge in [0.2, 0.25) is 11.8 Å². The zero-order valence-corrected chi connectivity index (χ0v) is 26.0. The molecule has 0 aromatic heterocycles. The Morgan fingerprint density at radius 1 is 0.833 bits per heavy atom. The number of rotatable bonds is 14. The lowest BCUT2D eigenvalue weighted by Crippen LogP contribution is -2.51. The minimum Gasteiger partial charge on any atom is -0.461 e. The molecule has 0 bridgehead atoms. The van der Waals surface area contributed by atoms with E-state index < -0.39 is 23.8 Å². The van der Waals surface area contributed by atoms with Gasteiger partial charge in [-0.2, -0.15) is 0 Å². The molecule has 2 rings (SSSR count). The minimum absolute atomic E-state index is 0.145. The second-order valence-electron chi connectivity index (χ2n) is 10.5. The Balaban J connectivity index is 0.00000431. The molecule has 0 aliphatic rings. The highest BCUT2D eigenvalue weighted by Crippen LogP contribution is 2.13. The van der Waals surface area contributed by atoms with E-state index in [-0.39, 0.29) is 24.4 Å². The zero-order chi connectivity index (χ0) is 31.5. The molecule has 1 unspecified atom stereocenters. The summed E-state index contributed by atoms with van der Waals surface area (Å²) in [4.78, 5) is 49.3. The normalized spacial score (nSPS) is 12.1. The summed E-state index contributed by atoms with van der Waals surface area (Å²) < 4.78 is 10.2. The number of carbonyl (C=O) groups excluding carboxylic acids is 4. The number of hydrogen-bond acceptors (Lipinski definition) is 7. The van der Waals surface area contributed by atoms with Crippen LogP contribution in [-0.4, -0.2) is 55.2 Å². The maximum Gasteiger partial charge on any atom is 0.407 e. The molecule has 0 aliphatic heterocycles. The van der Waals surface area contributed by atoms with E-state index in [2.05, 4.69) is 21.3 Å². The first-order valence-corrected chi connectivity index (χ1v) is 14.5. The monoisotopic (exact) mass is 584 g/mol. The van der Waals surface area contributed by atoms with Crippen LogP contribution in [0.15, 0.2) is 54.6 Å². The summed E-state index contributed by atoms with van der Waals surface area (Å²) in [6.45, 7) is 11.3. The van der Waals surface area contributed by atoms with Crippen LogP contribution in [0.1, 0.15) is 71.9 Å². The number of likely N-dealkylation sites (N-methyl/N-ethyl adjacent to an activating group) is 1. The molecule has 0 aliphatic carbocycles. The smallest absolute Gasteiger partial charge is 0.407 e. The van der Waals surface area contributed by atoms with E-state index in [1.807, 2.05) is 44.2 Å². The molecule has 2 atom stereocenters. The lowest BCUT2D eigenvalue weighted by molar-refractivity contribution is -0.142. The van der Waals surface area contributed by atoms with Crippen LogP contribution in [0.4, 0.5) is 10.5 Å². The summed E-state index contributed by atoms with van der Waals surface area (Å²) >= 11 is 0. The van der Waals surface area contributed by atoms with Gasteiger partial charge in [0.15, 0.2) is 0 Å². The molecular formula is C32H48N4O6. The topological polar surface area (TPSA) is 135 Å². The molecule has 10 nitrogen and oxygen atoms in total. The molecule has 2 aromatic carbocycles. The van der Waals surface area contributed by atoms with Crippen molar-refractivity contribution in [3.63, 3.8) is 0 Å². The van der Waals surface area contributed by atoms with Gasteiger partial charge in [0.1, 0.15) is 18.2 Å². The van der Waals surface area contributed by atoms with Gasteiger partial charge in [-0.1, -0.05) is 56.3 Å². The van der Waals surface area contributed by atoms with Crippen LogP contribution in [0.25, 0.3) is 0 Å². The number of nitrogens with one attached hydrogen (secondary N) is 4. The van der Waals surface area contributed by atoms with Crippen molar-refractivity contribution in [2.24, 2.45) is 0 Å². The first-order valence-electron chi connectivity index (χ1n) is 14.5. The van der Waals surface area contributed by atoms with Crippen molar-refractivity contribution in [2.75, 3.05) is 18.9 Å². The first-order chi connectivity index (χ1) is 20.0. The van der Waals surface area contributed by atoms with Gasteiger partial charge >= 0.3 is 12.1 Å². The fourth-order valence-electron chi connectivity index (χ4n) is 3.79. The van der Waals surface area contributed by atoms with Crippen molar-refractivity contribution in [3.05, 3.63) is 65.7 Å². The third kappa shape index (κ3) is 15.2. The van der Waals surface area contributed by atoms with Crippen LogP contribution in [0, 0.1) is 0 Å². The van der Waals surface area contributed by atoms with Gasteiger partial charge in [0.05, 0.1) is 6.04 Å². The fourth-order valence-corrected chi connectivity index (χ4v) is 3.79. The summed E-state index contributed by atoms with van der Waals surface area (Å²) in [5.41, 5.74) is 1.75. The molecule has 0 heterocycles. The summed E-state index contributed by atoms with van der Waals surface area (Å²) in [6.07, 6.45) is 1.54. The summed E-state index contributed by atoms with van der Waals surface area (Å²) in [5.74, 6) is -1.00. The van der Waals surface area contributed by atoms with E-state index in [0.717, 1.165) is 11.1 Å². The van der Waals surface area contributed by atoms with E-state index >= 15 is 0 Å². The fraction of sp³-hybridized carbons (Fsp3) is 0.500. The Morgan fingerprint density at radius 2 is 1.48 bits per heavy atom. The van der Waals surface area contributed by atoms with Gasteiger partial charge in [-0.05, 0) is 76.8 Å². The third-order valence-corrected chi connectivity index (χ3v) is 5.83. The van der Waals surface area contributed by atoms with Crippen molar-refractivity contribution < 1.29 is 28.7 Å². The van der Waals surface area contributed by atoms with Gasteiger partial charge in [-0.25, -0.2) is 4.79 Å². The summed E-state index contributed by atoms with van der Waals surface area (Å²) in [6, 6.07) is 15.3. The molecule has 0 spiro atoms. The number of esters is 1. The molecule has 232 valence electrons. The lowest BCUT2D eigenvalue weighted by Gasteiger charge is -2.23. The van der Waals surface area contributed by atoms with E-state index in [1.54, 1.807) is 52.1 Å². The number of ether oxygens (including phenoxy) is 2. The molecule has 2 aromatic rings. The Bertz CT molecular complexity index is 1100. The third-order valence-electron chi connectivity index (χ3n) is 5.83. The van der Waals surface area contributed by atoms with Gasteiger partial charge < -0.3 is 30.7 Å². The summed E-state index contributed by atoms with van der Waals surface area (Å²) in [7, 11) is 1.71. The number of unbranched alkanes of at least 4 members (excludes halogenated alkanes) is 1. The number of carbonyl (C=O) groups is 4. The Labute approximate surface area is 250 Å². The van der Waals surface area contributed by atoms with Gasteiger partial charge in [0.25, 0.3) is 0 Å². The minimum atomic E-state index is -0.790. The quantitative estimate of drug-likeness (QED) is 0.186. The number of anilines is 1. The van der Waals surface area contributed by atoms with Crippen LogP contribution in [0.5, 0.6) is 0 Å². The standard InChI is InChI=1S/C30H42N4O6.C2H6/c1-21(35)39-20-23-14-16-24(17-15-23)33-27(36)25(13-9-10-18-32-29(38)40-30(2,3)4)34-28(37)26(31-5)19-22-11-7-6-8-12-22;1-2/h6-8,11-12,14-17,25-26,31H,9-10,13,18-20H2,1-5H3,(H,32,38)(H,33,36)(H,34,37);1-2H3/t25-,26?;/m0./s1. The lowest BCUT2D eigenvalue weighted by atomic mass is 10.0. The molecule has 10 heteroatoms. The predicted octanol–water partition coefficient (Wildman–Crippen LogP) is 4.72. The predicted molar refractivity (Wildman–Crippen MR) is 165 cm³/mol. The van der Waals surface area contributed by atoms with E-state index in [9.17, 15) is 19.2 Å². The molecule has 0 radical (unpaired) electrons.